The van der Waals surface area contributed by atoms with E-state index in [1.54, 1.807) is 0 Å². The average Bonchev–Trinajstić information content (AvgIpc) is 2.15. The first-order valence-electron chi connectivity index (χ1n) is 3.77. The highest BCUT2D eigenvalue weighted by Gasteiger charge is 2.13. The van der Waals surface area contributed by atoms with Crippen LogP contribution >= 0.6 is 0 Å². The van der Waals surface area contributed by atoms with Crippen molar-refractivity contribution in [2.75, 3.05) is 6.61 Å². The summed E-state index contributed by atoms with van der Waals surface area (Å²) in [5.41, 5.74) is -0.299. The summed E-state index contributed by atoms with van der Waals surface area (Å²) in [6.07, 6.45) is 2.33. The summed E-state index contributed by atoms with van der Waals surface area (Å²) < 4.78 is 17.6. The predicted octanol–water partition coefficient (Wildman–Crippen LogP) is 1.48. The molecule has 0 aliphatic rings. The van der Waals surface area contributed by atoms with E-state index < -0.39 is 11.8 Å². The Morgan fingerprint density at radius 1 is 1.79 bits per heavy atom. The number of ether oxygens (including phenoxy) is 1. The molecule has 0 saturated heterocycles. The molecule has 1 aromatic rings. The van der Waals surface area contributed by atoms with E-state index in [1.807, 2.05) is 0 Å². The van der Waals surface area contributed by atoms with Crippen molar-refractivity contribution in [3.05, 3.63) is 36.3 Å². The van der Waals surface area contributed by atoms with Gasteiger partial charge in [0.15, 0.2) is 0 Å². The highest BCUT2D eigenvalue weighted by atomic mass is 19.1. The monoisotopic (exact) mass is 197 g/mol. The van der Waals surface area contributed by atoms with E-state index in [-0.39, 0.29) is 18.1 Å². The fraction of sp³-hybridized carbons (Fsp3) is 0.111. The second-order valence-electron chi connectivity index (χ2n) is 2.41. The Labute approximate surface area is 79.7 Å². The molecule has 74 valence electrons. The van der Waals surface area contributed by atoms with Crippen LogP contribution in [0.1, 0.15) is 10.4 Å². The Balaban J connectivity index is 3.01. The summed E-state index contributed by atoms with van der Waals surface area (Å²) in [6, 6.07) is 0.855. The summed E-state index contributed by atoms with van der Waals surface area (Å²) in [5, 5.41) is 8.68. The number of carboxylic acid groups (broad SMARTS) is 1. The number of pyridine rings is 1. The van der Waals surface area contributed by atoms with E-state index in [1.165, 1.54) is 6.08 Å². The fourth-order valence-electron chi connectivity index (χ4n) is 0.833. The van der Waals surface area contributed by atoms with Gasteiger partial charge in [-0.25, -0.2) is 14.2 Å². The standard InChI is InChI=1S/C9H8FNO3/c1-2-3-14-8-7(9(12)13)4-6(10)5-11-8/h2,4-5H,1,3H2,(H,12,13). The van der Waals surface area contributed by atoms with Crippen LogP contribution in [-0.2, 0) is 0 Å². The third-order valence-electron chi connectivity index (χ3n) is 1.39. The molecule has 1 rings (SSSR count). The zero-order valence-electron chi connectivity index (χ0n) is 7.24. The van der Waals surface area contributed by atoms with Gasteiger partial charge in [0.25, 0.3) is 0 Å². The largest absolute Gasteiger partial charge is 0.477 e. The maximum absolute atomic E-state index is 12.6. The van der Waals surface area contributed by atoms with Crippen LogP contribution in [0.15, 0.2) is 24.9 Å². The molecule has 0 saturated carbocycles. The van der Waals surface area contributed by atoms with Crippen molar-refractivity contribution in [1.29, 1.82) is 0 Å². The normalized spacial score (nSPS) is 9.50. The number of halogens is 1. The number of hydrogen-bond donors (Lipinski definition) is 1. The van der Waals surface area contributed by atoms with Crippen LogP contribution in [0.2, 0.25) is 0 Å². The van der Waals surface area contributed by atoms with Crippen LogP contribution in [0, 0.1) is 5.82 Å². The topological polar surface area (TPSA) is 59.4 Å². The second-order valence-corrected chi connectivity index (χ2v) is 2.41. The minimum Gasteiger partial charge on any atom is -0.477 e. The number of carbonyl (C=O) groups is 1. The van der Waals surface area contributed by atoms with Crippen molar-refractivity contribution in [2.45, 2.75) is 0 Å². The van der Waals surface area contributed by atoms with Gasteiger partial charge in [0.1, 0.15) is 18.0 Å². The van der Waals surface area contributed by atoms with Gasteiger partial charge in [0.2, 0.25) is 5.88 Å². The van der Waals surface area contributed by atoms with Crippen molar-refractivity contribution < 1.29 is 19.0 Å². The average molecular weight is 197 g/mol. The van der Waals surface area contributed by atoms with Gasteiger partial charge in [-0.2, -0.15) is 0 Å². The summed E-state index contributed by atoms with van der Waals surface area (Å²) in [5.74, 6) is -2.11. The number of aromatic nitrogens is 1. The molecule has 0 spiro atoms. The van der Waals surface area contributed by atoms with E-state index in [0.29, 0.717) is 0 Å². The minimum absolute atomic E-state index is 0.112. The van der Waals surface area contributed by atoms with Crippen LogP contribution in [0.5, 0.6) is 5.88 Å². The van der Waals surface area contributed by atoms with Crippen LogP contribution < -0.4 is 4.74 Å². The third kappa shape index (κ3) is 2.29. The van der Waals surface area contributed by atoms with E-state index in [2.05, 4.69) is 11.6 Å². The van der Waals surface area contributed by atoms with E-state index >= 15 is 0 Å². The molecular formula is C9H8FNO3. The molecule has 4 nitrogen and oxygen atoms in total. The van der Waals surface area contributed by atoms with E-state index in [0.717, 1.165) is 12.3 Å². The summed E-state index contributed by atoms with van der Waals surface area (Å²) in [4.78, 5) is 14.1. The van der Waals surface area contributed by atoms with Crippen LogP contribution in [-0.4, -0.2) is 22.7 Å². The SMILES string of the molecule is C=CCOc1ncc(F)cc1C(=O)O. The number of aromatic carboxylic acids is 1. The fourth-order valence-corrected chi connectivity index (χ4v) is 0.833. The van der Waals surface area contributed by atoms with Crippen LogP contribution in [0.3, 0.4) is 0 Å². The van der Waals surface area contributed by atoms with Crippen molar-refractivity contribution >= 4 is 5.97 Å². The van der Waals surface area contributed by atoms with Gasteiger partial charge < -0.3 is 9.84 Å². The lowest BCUT2D eigenvalue weighted by Gasteiger charge is -2.04. The van der Waals surface area contributed by atoms with Crippen molar-refractivity contribution in [2.24, 2.45) is 0 Å². The molecule has 0 bridgehead atoms. The van der Waals surface area contributed by atoms with Crippen molar-refractivity contribution in [3.63, 3.8) is 0 Å². The van der Waals surface area contributed by atoms with Crippen LogP contribution in [0.25, 0.3) is 0 Å². The lowest BCUT2D eigenvalue weighted by molar-refractivity contribution is 0.0691. The zero-order valence-corrected chi connectivity index (χ0v) is 7.24. The maximum Gasteiger partial charge on any atom is 0.341 e. The molecule has 1 aromatic heterocycles. The van der Waals surface area contributed by atoms with E-state index in [4.69, 9.17) is 9.84 Å². The number of rotatable bonds is 4. The summed E-state index contributed by atoms with van der Waals surface area (Å²) in [7, 11) is 0. The third-order valence-corrected chi connectivity index (χ3v) is 1.39. The van der Waals surface area contributed by atoms with Gasteiger partial charge in [-0.05, 0) is 6.07 Å². The second kappa shape index (κ2) is 4.36. The molecule has 1 N–H and O–H groups in total. The first-order valence-corrected chi connectivity index (χ1v) is 3.77. The lowest BCUT2D eigenvalue weighted by Crippen LogP contribution is -2.05. The van der Waals surface area contributed by atoms with Gasteiger partial charge in [-0.15, -0.1) is 0 Å². The number of carboxylic acids is 1. The quantitative estimate of drug-likeness (QED) is 0.743. The van der Waals surface area contributed by atoms with Gasteiger partial charge >= 0.3 is 5.97 Å². The molecule has 1 heterocycles. The first kappa shape index (κ1) is 10.2. The molecule has 0 aliphatic carbocycles. The Kier molecular flexibility index (Phi) is 3.17. The summed E-state index contributed by atoms with van der Waals surface area (Å²) in [6.45, 7) is 3.52. The van der Waals surface area contributed by atoms with Crippen molar-refractivity contribution in [3.8, 4) is 5.88 Å². The molecule has 5 heteroatoms. The molecule has 14 heavy (non-hydrogen) atoms. The smallest absolute Gasteiger partial charge is 0.341 e. The molecule has 0 atom stereocenters. The Morgan fingerprint density at radius 3 is 3.07 bits per heavy atom. The van der Waals surface area contributed by atoms with Crippen LogP contribution in [0.4, 0.5) is 4.39 Å². The van der Waals surface area contributed by atoms with E-state index in [9.17, 15) is 9.18 Å². The molecular weight excluding hydrogens is 189 g/mol. The number of nitrogens with zero attached hydrogens (tertiary/aromatic N) is 1. The Bertz CT molecular complexity index is 365. The molecule has 0 unspecified atom stereocenters. The number of hydrogen-bond acceptors (Lipinski definition) is 3. The maximum atomic E-state index is 12.6. The molecule has 0 radical (unpaired) electrons. The van der Waals surface area contributed by atoms with Gasteiger partial charge in [-0.1, -0.05) is 12.7 Å². The summed E-state index contributed by atoms with van der Waals surface area (Å²) >= 11 is 0. The first-order chi connectivity index (χ1) is 6.65. The van der Waals surface area contributed by atoms with Gasteiger partial charge in [-0.3, -0.25) is 0 Å². The lowest BCUT2D eigenvalue weighted by atomic mass is 10.3. The van der Waals surface area contributed by atoms with Gasteiger partial charge in [0, 0.05) is 0 Å². The predicted molar refractivity (Wildman–Crippen MR) is 46.8 cm³/mol. The molecule has 0 aliphatic heterocycles. The molecule has 0 fully saturated rings. The Hall–Kier alpha value is -1.91. The molecule has 0 amide bonds. The Morgan fingerprint density at radius 2 is 2.50 bits per heavy atom. The minimum atomic E-state index is -1.28. The zero-order chi connectivity index (χ0) is 10.6. The van der Waals surface area contributed by atoms with Gasteiger partial charge in [0.05, 0.1) is 6.20 Å². The molecule has 0 aromatic carbocycles. The highest BCUT2D eigenvalue weighted by Crippen LogP contribution is 2.15. The highest BCUT2D eigenvalue weighted by molar-refractivity contribution is 5.90. The van der Waals surface area contributed by atoms with Crippen molar-refractivity contribution in [1.82, 2.24) is 4.98 Å².